The normalized spacial score (nSPS) is 11.4. The number of benzene rings is 2. The quantitative estimate of drug-likeness (QED) is 0.576. The Bertz CT molecular complexity index is 839. The number of hydrogen-bond donors (Lipinski definition) is 0. The predicted octanol–water partition coefficient (Wildman–Crippen LogP) is 6.03. The van der Waals surface area contributed by atoms with Gasteiger partial charge in [0.05, 0.1) is 11.2 Å². The van der Waals surface area contributed by atoms with Crippen LogP contribution in [-0.2, 0) is 6.42 Å². The molecule has 0 aliphatic heterocycles. The Kier molecular flexibility index (Phi) is 4.21. The number of aryl methyl sites for hydroxylation is 3. The monoisotopic (exact) mass is 303 g/mol. The molecule has 0 fully saturated rings. The van der Waals surface area contributed by atoms with E-state index in [1.165, 1.54) is 33.2 Å². The van der Waals surface area contributed by atoms with E-state index < -0.39 is 0 Å². The van der Waals surface area contributed by atoms with Crippen molar-refractivity contribution in [2.45, 2.75) is 41.0 Å². The molecular formula is C22H25N. The fourth-order valence-electron chi connectivity index (χ4n) is 3.45. The van der Waals surface area contributed by atoms with Crippen LogP contribution in [0.5, 0.6) is 0 Å². The van der Waals surface area contributed by atoms with Crippen molar-refractivity contribution in [1.82, 2.24) is 4.98 Å². The van der Waals surface area contributed by atoms with E-state index >= 15 is 0 Å². The molecule has 1 heterocycles. The first kappa shape index (κ1) is 15.7. The maximum Gasteiger partial charge on any atom is 0.0714 e. The van der Waals surface area contributed by atoms with E-state index in [-0.39, 0.29) is 0 Å². The van der Waals surface area contributed by atoms with Crippen LogP contribution < -0.4 is 0 Å². The molecule has 0 saturated carbocycles. The van der Waals surface area contributed by atoms with E-state index in [1.807, 2.05) is 0 Å². The van der Waals surface area contributed by atoms with Crippen molar-refractivity contribution in [3.63, 3.8) is 0 Å². The van der Waals surface area contributed by atoms with E-state index in [4.69, 9.17) is 4.98 Å². The number of hydrogen-bond acceptors (Lipinski definition) is 1. The summed E-state index contributed by atoms with van der Waals surface area (Å²) in [5, 5.41) is 1.33. The Morgan fingerprint density at radius 3 is 2.26 bits per heavy atom. The molecule has 0 N–H and O–H groups in total. The minimum absolute atomic E-state index is 0.652. The first-order valence-electron chi connectivity index (χ1n) is 8.42. The van der Waals surface area contributed by atoms with Crippen LogP contribution in [0.2, 0.25) is 0 Å². The molecule has 0 aliphatic carbocycles. The largest absolute Gasteiger partial charge is 0.248 e. The highest BCUT2D eigenvalue weighted by molar-refractivity contribution is 5.88. The third-order valence-corrected chi connectivity index (χ3v) is 4.26. The minimum atomic E-state index is 0.652. The van der Waals surface area contributed by atoms with Crippen LogP contribution in [0.25, 0.3) is 22.2 Å². The van der Waals surface area contributed by atoms with Gasteiger partial charge in [-0.2, -0.15) is 0 Å². The summed E-state index contributed by atoms with van der Waals surface area (Å²) in [4.78, 5) is 4.96. The Morgan fingerprint density at radius 2 is 1.61 bits per heavy atom. The second kappa shape index (κ2) is 6.16. The molecular weight excluding hydrogens is 278 g/mol. The van der Waals surface area contributed by atoms with Gasteiger partial charge in [0.15, 0.2) is 0 Å². The van der Waals surface area contributed by atoms with Crippen molar-refractivity contribution in [3.05, 3.63) is 64.7 Å². The first-order valence-corrected chi connectivity index (χ1v) is 8.42. The molecule has 0 aliphatic rings. The zero-order valence-corrected chi connectivity index (χ0v) is 14.8. The van der Waals surface area contributed by atoms with Gasteiger partial charge in [-0.05, 0) is 68.5 Å². The third-order valence-electron chi connectivity index (χ3n) is 4.26. The summed E-state index contributed by atoms with van der Waals surface area (Å²) in [6.45, 7) is 11.0. The minimum Gasteiger partial charge on any atom is -0.248 e. The van der Waals surface area contributed by atoms with Crippen molar-refractivity contribution < 1.29 is 0 Å². The van der Waals surface area contributed by atoms with Crippen molar-refractivity contribution in [2.24, 2.45) is 5.92 Å². The summed E-state index contributed by atoms with van der Waals surface area (Å²) in [5.74, 6) is 0.652. The molecule has 3 aromatic rings. The van der Waals surface area contributed by atoms with Crippen LogP contribution >= 0.6 is 0 Å². The molecule has 118 valence electrons. The van der Waals surface area contributed by atoms with Crippen LogP contribution in [0, 0.1) is 26.7 Å². The second-order valence-electron chi connectivity index (χ2n) is 7.11. The van der Waals surface area contributed by atoms with Gasteiger partial charge in [0.25, 0.3) is 0 Å². The highest BCUT2D eigenvalue weighted by atomic mass is 14.7. The van der Waals surface area contributed by atoms with Gasteiger partial charge in [0.1, 0.15) is 0 Å². The molecule has 0 bridgehead atoms. The van der Waals surface area contributed by atoms with Crippen molar-refractivity contribution >= 4 is 10.9 Å². The Hall–Kier alpha value is -2.15. The van der Waals surface area contributed by atoms with E-state index in [0.29, 0.717) is 5.92 Å². The second-order valence-corrected chi connectivity index (χ2v) is 7.11. The highest BCUT2D eigenvalue weighted by Crippen LogP contribution is 2.29. The van der Waals surface area contributed by atoms with Crippen molar-refractivity contribution in [2.75, 3.05) is 0 Å². The number of fused-ring (bicyclic) bond motifs is 1. The van der Waals surface area contributed by atoms with Crippen molar-refractivity contribution in [1.29, 1.82) is 0 Å². The van der Waals surface area contributed by atoms with Crippen LogP contribution in [-0.4, -0.2) is 4.98 Å². The summed E-state index contributed by atoms with van der Waals surface area (Å²) >= 11 is 0. The molecule has 0 saturated heterocycles. The molecule has 2 aromatic carbocycles. The van der Waals surface area contributed by atoms with Gasteiger partial charge in [-0.1, -0.05) is 43.2 Å². The Labute approximate surface area is 139 Å². The van der Waals surface area contributed by atoms with Crippen LogP contribution in [0.15, 0.2) is 42.5 Å². The summed E-state index contributed by atoms with van der Waals surface area (Å²) in [5.41, 5.74) is 8.69. The van der Waals surface area contributed by atoms with Gasteiger partial charge in [-0.3, -0.25) is 0 Å². The number of pyridine rings is 1. The zero-order valence-electron chi connectivity index (χ0n) is 14.8. The van der Waals surface area contributed by atoms with Gasteiger partial charge >= 0.3 is 0 Å². The Morgan fingerprint density at radius 1 is 0.913 bits per heavy atom. The molecule has 1 heteroatoms. The van der Waals surface area contributed by atoms with Gasteiger partial charge in [-0.25, -0.2) is 4.98 Å². The number of nitrogens with zero attached hydrogens (tertiary/aromatic N) is 1. The fourth-order valence-corrected chi connectivity index (χ4v) is 3.45. The summed E-state index contributed by atoms with van der Waals surface area (Å²) in [7, 11) is 0. The van der Waals surface area contributed by atoms with E-state index in [9.17, 15) is 0 Å². The topological polar surface area (TPSA) is 12.9 Å². The molecule has 0 atom stereocenters. The first-order chi connectivity index (χ1) is 10.9. The SMILES string of the molecule is Cc1cc(C)cc(-c2cc(C)c3c(CC(C)C)cccc3n2)c1. The van der Waals surface area contributed by atoms with Gasteiger partial charge < -0.3 is 0 Å². The predicted molar refractivity (Wildman–Crippen MR) is 99.9 cm³/mol. The van der Waals surface area contributed by atoms with E-state index in [0.717, 1.165) is 17.6 Å². The molecule has 0 amide bonds. The zero-order chi connectivity index (χ0) is 16.6. The molecule has 0 unspecified atom stereocenters. The van der Waals surface area contributed by atoms with Crippen molar-refractivity contribution in [3.8, 4) is 11.3 Å². The molecule has 1 nitrogen and oxygen atoms in total. The van der Waals surface area contributed by atoms with Gasteiger partial charge in [0, 0.05) is 10.9 Å². The van der Waals surface area contributed by atoms with E-state index in [1.54, 1.807) is 0 Å². The van der Waals surface area contributed by atoms with Crippen LogP contribution in [0.1, 0.15) is 36.1 Å². The maximum atomic E-state index is 4.96. The summed E-state index contributed by atoms with van der Waals surface area (Å²) in [6, 6.07) is 15.4. The third kappa shape index (κ3) is 3.29. The lowest BCUT2D eigenvalue weighted by Crippen LogP contribution is -1.98. The van der Waals surface area contributed by atoms with Gasteiger partial charge in [0.2, 0.25) is 0 Å². The number of aromatic nitrogens is 1. The average Bonchev–Trinajstić information content (AvgIpc) is 2.45. The standard InChI is InChI=1S/C22H25N/c1-14(2)9-18-7-6-8-20-22(18)17(5)13-21(23-20)19-11-15(3)10-16(4)12-19/h6-8,10-14H,9H2,1-5H3. The lowest BCUT2D eigenvalue weighted by Gasteiger charge is -2.13. The molecule has 23 heavy (non-hydrogen) atoms. The lowest BCUT2D eigenvalue weighted by molar-refractivity contribution is 0.650. The maximum absolute atomic E-state index is 4.96. The lowest BCUT2D eigenvalue weighted by atomic mass is 9.95. The molecule has 3 rings (SSSR count). The molecule has 0 spiro atoms. The fraction of sp³-hybridized carbons (Fsp3) is 0.318. The van der Waals surface area contributed by atoms with Gasteiger partial charge in [-0.15, -0.1) is 0 Å². The molecule has 0 radical (unpaired) electrons. The summed E-state index contributed by atoms with van der Waals surface area (Å²) in [6.07, 6.45) is 1.10. The van der Waals surface area contributed by atoms with E-state index in [2.05, 4.69) is 77.1 Å². The van der Waals surface area contributed by atoms with Crippen LogP contribution in [0.4, 0.5) is 0 Å². The average molecular weight is 303 g/mol. The number of rotatable bonds is 3. The van der Waals surface area contributed by atoms with Crippen LogP contribution in [0.3, 0.4) is 0 Å². The Balaban J connectivity index is 2.19. The smallest absolute Gasteiger partial charge is 0.0714 e. The highest BCUT2D eigenvalue weighted by Gasteiger charge is 2.10. The molecule has 1 aromatic heterocycles. The summed E-state index contributed by atoms with van der Waals surface area (Å²) < 4.78 is 0.